The molecule has 0 unspecified atom stereocenters. The van der Waals surface area contributed by atoms with E-state index in [2.05, 4.69) is 10.6 Å². The predicted molar refractivity (Wildman–Crippen MR) is 109 cm³/mol. The summed E-state index contributed by atoms with van der Waals surface area (Å²) in [4.78, 5) is 38.5. The van der Waals surface area contributed by atoms with Crippen molar-refractivity contribution in [1.82, 2.24) is 4.90 Å². The maximum absolute atomic E-state index is 12.8. The molecule has 3 rings (SSSR count). The van der Waals surface area contributed by atoms with Crippen molar-refractivity contribution in [2.75, 3.05) is 23.7 Å². The van der Waals surface area contributed by atoms with Gasteiger partial charge in [0.2, 0.25) is 11.8 Å². The molecule has 2 aromatic carbocycles. The van der Waals surface area contributed by atoms with Crippen molar-refractivity contribution in [3.8, 4) is 0 Å². The molecule has 1 fully saturated rings. The summed E-state index contributed by atoms with van der Waals surface area (Å²) in [6, 6.07) is 16.4. The van der Waals surface area contributed by atoms with Gasteiger partial charge in [-0.25, -0.2) is 0 Å². The summed E-state index contributed by atoms with van der Waals surface area (Å²) >= 11 is 0. The van der Waals surface area contributed by atoms with Crippen LogP contribution in [-0.4, -0.2) is 35.7 Å². The van der Waals surface area contributed by atoms with Gasteiger partial charge in [-0.1, -0.05) is 31.2 Å². The molecule has 146 valence electrons. The Kier molecular flexibility index (Phi) is 6.42. The second-order valence-corrected chi connectivity index (χ2v) is 6.90. The SMILES string of the molecule is CCC(=O)Nc1cccc(C(=O)N2CCC(C(=O)Nc3ccccc3)CC2)c1. The zero-order chi connectivity index (χ0) is 19.9. The molecule has 28 heavy (non-hydrogen) atoms. The quantitative estimate of drug-likeness (QED) is 0.834. The average Bonchev–Trinajstić information content (AvgIpc) is 2.74. The summed E-state index contributed by atoms with van der Waals surface area (Å²) in [6.07, 6.45) is 1.66. The van der Waals surface area contributed by atoms with Crippen LogP contribution in [0.2, 0.25) is 0 Å². The molecule has 1 heterocycles. The largest absolute Gasteiger partial charge is 0.339 e. The number of likely N-dealkylation sites (tertiary alicyclic amines) is 1. The minimum Gasteiger partial charge on any atom is -0.339 e. The molecular formula is C22H25N3O3. The van der Waals surface area contributed by atoms with E-state index in [4.69, 9.17) is 0 Å². The van der Waals surface area contributed by atoms with Crippen molar-refractivity contribution in [3.63, 3.8) is 0 Å². The number of nitrogens with zero attached hydrogens (tertiary/aromatic N) is 1. The van der Waals surface area contributed by atoms with E-state index in [0.29, 0.717) is 43.6 Å². The van der Waals surface area contributed by atoms with Gasteiger partial charge in [0.15, 0.2) is 0 Å². The van der Waals surface area contributed by atoms with E-state index in [9.17, 15) is 14.4 Å². The smallest absolute Gasteiger partial charge is 0.253 e. The number of amides is 3. The highest BCUT2D eigenvalue weighted by atomic mass is 16.2. The number of rotatable bonds is 5. The molecular weight excluding hydrogens is 354 g/mol. The molecule has 0 atom stereocenters. The first-order chi connectivity index (χ1) is 13.6. The maximum Gasteiger partial charge on any atom is 0.253 e. The van der Waals surface area contributed by atoms with Gasteiger partial charge in [-0.05, 0) is 43.2 Å². The van der Waals surface area contributed by atoms with Crippen molar-refractivity contribution in [3.05, 3.63) is 60.2 Å². The van der Waals surface area contributed by atoms with Crippen LogP contribution in [0.4, 0.5) is 11.4 Å². The molecule has 0 saturated carbocycles. The van der Waals surface area contributed by atoms with E-state index < -0.39 is 0 Å². The first kappa shape index (κ1) is 19.6. The number of benzene rings is 2. The van der Waals surface area contributed by atoms with Crippen LogP contribution in [0.15, 0.2) is 54.6 Å². The van der Waals surface area contributed by atoms with Crippen LogP contribution < -0.4 is 10.6 Å². The van der Waals surface area contributed by atoms with Crippen molar-refractivity contribution < 1.29 is 14.4 Å². The maximum atomic E-state index is 12.8. The Bertz CT molecular complexity index is 843. The number of carbonyl (C=O) groups excluding carboxylic acids is 3. The first-order valence-electron chi connectivity index (χ1n) is 9.62. The van der Waals surface area contributed by atoms with Crippen molar-refractivity contribution in [2.24, 2.45) is 5.92 Å². The Balaban J connectivity index is 1.56. The summed E-state index contributed by atoms with van der Waals surface area (Å²) in [7, 11) is 0. The lowest BCUT2D eigenvalue weighted by Crippen LogP contribution is -2.41. The highest BCUT2D eigenvalue weighted by Gasteiger charge is 2.28. The lowest BCUT2D eigenvalue weighted by Gasteiger charge is -2.31. The van der Waals surface area contributed by atoms with Gasteiger partial charge >= 0.3 is 0 Å². The fourth-order valence-electron chi connectivity index (χ4n) is 3.27. The molecule has 0 radical (unpaired) electrons. The number of nitrogens with one attached hydrogen (secondary N) is 2. The normalized spacial score (nSPS) is 14.4. The molecule has 6 heteroatoms. The number of anilines is 2. The summed E-state index contributed by atoms with van der Waals surface area (Å²) < 4.78 is 0. The van der Waals surface area contributed by atoms with Gasteiger partial charge in [0, 0.05) is 42.4 Å². The number of carbonyl (C=O) groups is 3. The van der Waals surface area contributed by atoms with Crippen LogP contribution in [-0.2, 0) is 9.59 Å². The van der Waals surface area contributed by atoms with Gasteiger partial charge < -0.3 is 15.5 Å². The minimum absolute atomic E-state index is 0.00238. The number of hydrogen-bond acceptors (Lipinski definition) is 3. The Morgan fingerprint density at radius 1 is 0.929 bits per heavy atom. The Morgan fingerprint density at radius 2 is 1.61 bits per heavy atom. The van der Waals surface area contributed by atoms with Crippen LogP contribution >= 0.6 is 0 Å². The number of hydrogen-bond donors (Lipinski definition) is 2. The number of piperidine rings is 1. The van der Waals surface area contributed by atoms with E-state index in [0.717, 1.165) is 5.69 Å². The van der Waals surface area contributed by atoms with Crippen molar-refractivity contribution >= 4 is 29.1 Å². The second-order valence-electron chi connectivity index (χ2n) is 6.90. The summed E-state index contributed by atoms with van der Waals surface area (Å²) in [5.41, 5.74) is 1.95. The van der Waals surface area contributed by atoms with Crippen LogP contribution in [0.25, 0.3) is 0 Å². The minimum atomic E-state index is -0.0977. The van der Waals surface area contributed by atoms with Crippen LogP contribution in [0.1, 0.15) is 36.5 Å². The van der Waals surface area contributed by atoms with Gasteiger partial charge in [0.25, 0.3) is 5.91 Å². The molecule has 2 N–H and O–H groups in total. The molecule has 6 nitrogen and oxygen atoms in total. The van der Waals surface area contributed by atoms with E-state index in [1.54, 1.807) is 36.1 Å². The van der Waals surface area contributed by atoms with Gasteiger partial charge in [-0.15, -0.1) is 0 Å². The molecule has 1 saturated heterocycles. The van der Waals surface area contributed by atoms with Gasteiger partial charge in [-0.3, -0.25) is 14.4 Å². The fraction of sp³-hybridized carbons (Fsp3) is 0.318. The third-order valence-corrected chi connectivity index (χ3v) is 4.91. The molecule has 1 aliphatic heterocycles. The zero-order valence-electron chi connectivity index (χ0n) is 16.0. The highest BCUT2D eigenvalue weighted by molar-refractivity contribution is 5.97. The van der Waals surface area contributed by atoms with Crippen molar-refractivity contribution in [2.45, 2.75) is 26.2 Å². The standard InChI is InChI=1S/C22H25N3O3/c1-2-20(26)23-19-10-6-7-17(15-19)22(28)25-13-11-16(12-14-25)21(27)24-18-8-4-3-5-9-18/h3-10,15-16H,2,11-14H2,1H3,(H,23,26)(H,24,27). The van der Waals surface area contributed by atoms with Gasteiger partial charge in [0.1, 0.15) is 0 Å². The zero-order valence-corrected chi connectivity index (χ0v) is 16.0. The molecule has 3 amide bonds. The lowest BCUT2D eigenvalue weighted by molar-refractivity contribution is -0.121. The van der Waals surface area contributed by atoms with Crippen LogP contribution in [0.5, 0.6) is 0 Å². The summed E-state index contributed by atoms with van der Waals surface area (Å²) in [6.45, 7) is 2.86. The van der Waals surface area contributed by atoms with Gasteiger partial charge in [0.05, 0.1) is 0 Å². The van der Waals surface area contributed by atoms with Crippen LogP contribution in [0.3, 0.4) is 0 Å². The second kappa shape index (κ2) is 9.17. The summed E-state index contributed by atoms with van der Waals surface area (Å²) in [5, 5.41) is 5.71. The predicted octanol–water partition coefficient (Wildman–Crippen LogP) is 3.53. The van der Waals surface area contributed by atoms with E-state index >= 15 is 0 Å². The third-order valence-electron chi connectivity index (χ3n) is 4.91. The lowest BCUT2D eigenvalue weighted by atomic mass is 9.95. The Labute approximate surface area is 164 Å². The fourth-order valence-corrected chi connectivity index (χ4v) is 3.27. The van der Waals surface area contributed by atoms with E-state index in [-0.39, 0.29) is 23.6 Å². The molecule has 0 aromatic heterocycles. The highest BCUT2D eigenvalue weighted by Crippen LogP contribution is 2.22. The topological polar surface area (TPSA) is 78.5 Å². The van der Waals surface area contributed by atoms with E-state index in [1.807, 2.05) is 30.3 Å². The molecule has 0 aliphatic carbocycles. The molecule has 2 aromatic rings. The van der Waals surface area contributed by atoms with E-state index in [1.165, 1.54) is 0 Å². The number of para-hydroxylation sites is 1. The molecule has 0 bridgehead atoms. The average molecular weight is 379 g/mol. The van der Waals surface area contributed by atoms with Gasteiger partial charge in [-0.2, -0.15) is 0 Å². The monoisotopic (exact) mass is 379 g/mol. The Hall–Kier alpha value is -3.15. The van der Waals surface area contributed by atoms with Crippen molar-refractivity contribution in [1.29, 1.82) is 0 Å². The van der Waals surface area contributed by atoms with Crippen LogP contribution in [0, 0.1) is 5.92 Å². The Morgan fingerprint density at radius 3 is 2.29 bits per heavy atom. The molecule has 0 spiro atoms. The summed E-state index contributed by atoms with van der Waals surface area (Å²) in [5.74, 6) is -0.258. The molecule has 1 aliphatic rings. The third kappa shape index (κ3) is 4.97. The first-order valence-corrected chi connectivity index (χ1v) is 9.62.